The molecule has 1 aromatic heterocycles. The highest BCUT2D eigenvalue weighted by molar-refractivity contribution is 5.82. The van der Waals surface area contributed by atoms with Gasteiger partial charge in [-0.15, -0.1) is 0 Å². The van der Waals surface area contributed by atoms with E-state index in [0.717, 1.165) is 0 Å². The number of benzene rings is 1. The number of hydrogen-bond acceptors (Lipinski definition) is 1. The van der Waals surface area contributed by atoms with Crippen molar-refractivity contribution in [2.45, 2.75) is 6.61 Å². The Bertz CT molecular complexity index is 378. The zero-order valence-corrected chi connectivity index (χ0v) is 7.00. The molecular formula is C10H11NO. The molecule has 2 nitrogen and oxygen atoms in total. The molecule has 0 aliphatic carbocycles. The maximum absolute atomic E-state index is 5.04. The van der Waals surface area contributed by atoms with Crippen LogP contribution in [0.2, 0.25) is 0 Å². The summed E-state index contributed by atoms with van der Waals surface area (Å²) < 4.78 is 5.04. The normalized spacial score (nSPS) is 10.8. The summed E-state index contributed by atoms with van der Waals surface area (Å²) in [6.45, 7) is 0.682. The smallest absolute Gasteiger partial charge is 0.0713 e. The quantitative estimate of drug-likeness (QED) is 0.718. The molecule has 0 fully saturated rings. The Labute approximate surface area is 71.2 Å². The molecule has 0 spiro atoms. The maximum atomic E-state index is 5.04. The van der Waals surface area contributed by atoms with Crippen LogP contribution in [-0.4, -0.2) is 12.1 Å². The van der Waals surface area contributed by atoms with E-state index in [0.29, 0.717) is 6.61 Å². The highest BCUT2D eigenvalue weighted by atomic mass is 16.5. The fourth-order valence-corrected chi connectivity index (χ4v) is 1.36. The Morgan fingerprint density at radius 2 is 2.08 bits per heavy atom. The fourth-order valence-electron chi connectivity index (χ4n) is 1.36. The maximum Gasteiger partial charge on any atom is 0.0713 e. The molecule has 2 heteroatoms. The van der Waals surface area contributed by atoms with Crippen LogP contribution < -0.4 is 0 Å². The topological polar surface area (TPSA) is 25.0 Å². The largest absolute Gasteiger partial charge is 0.380 e. The Balaban J connectivity index is 2.46. The van der Waals surface area contributed by atoms with Gasteiger partial charge in [0.2, 0.25) is 0 Å². The molecule has 2 rings (SSSR count). The Morgan fingerprint density at radius 3 is 2.92 bits per heavy atom. The van der Waals surface area contributed by atoms with Gasteiger partial charge in [0.1, 0.15) is 0 Å². The van der Waals surface area contributed by atoms with Crippen LogP contribution in [0, 0.1) is 0 Å². The molecule has 12 heavy (non-hydrogen) atoms. The highest BCUT2D eigenvalue weighted by Crippen LogP contribution is 2.15. The van der Waals surface area contributed by atoms with E-state index in [1.165, 1.54) is 16.3 Å². The molecule has 0 amide bonds. The van der Waals surface area contributed by atoms with Gasteiger partial charge in [0, 0.05) is 19.5 Å². The predicted molar refractivity (Wildman–Crippen MR) is 49.0 cm³/mol. The van der Waals surface area contributed by atoms with E-state index in [-0.39, 0.29) is 0 Å². The SMILES string of the molecule is COCc1ccc2c[nH]cc2c1. The number of aromatic amines is 1. The first kappa shape index (κ1) is 7.37. The van der Waals surface area contributed by atoms with Crippen LogP contribution in [0.4, 0.5) is 0 Å². The average molecular weight is 161 g/mol. The van der Waals surface area contributed by atoms with E-state index in [4.69, 9.17) is 4.74 Å². The van der Waals surface area contributed by atoms with Crippen molar-refractivity contribution in [3.8, 4) is 0 Å². The minimum Gasteiger partial charge on any atom is -0.380 e. The van der Waals surface area contributed by atoms with E-state index in [1.807, 2.05) is 12.4 Å². The van der Waals surface area contributed by atoms with Crippen molar-refractivity contribution in [2.24, 2.45) is 0 Å². The Morgan fingerprint density at radius 1 is 1.25 bits per heavy atom. The van der Waals surface area contributed by atoms with Crippen molar-refractivity contribution in [3.05, 3.63) is 36.2 Å². The molecular weight excluding hydrogens is 150 g/mol. The van der Waals surface area contributed by atoms with Gasteiger partial charge < -0.3 is 9.72 Å². The van der Waals surface area contributed by atoms with E-state index in [2.05, 4.69) is 23.2 Å². The van der Waals surface area contributed by atoms with Gasteiger partial charge in [0.05, 0.1) is 6.61 Å². The summed E-state index contributed by atoms with van der Waals surface area (Å²) >= 11 is 0. The number of fused-ring (bicyclic) bond motifs is 1. The summed E-state index contributed by atoms with van der Waals surface area (Å²) in [5, 5.41) is 2.49. The van der Waals surface area contributed by atoms with Crippen molar-refractivity contribution in [2.75, 3.05) is 7.11 Å². The second kappa shape index (κ2) is 2.99. The molecule has 0 aliphatic rings. The van der Waals surface area contributed by atoms with Gasteiger partial charge in [0.25, 0.3) is 0 Å². The molecule has 1 aromatic carbocycles. The van der Waals surface area contributed by atoms with Crippen molar-refractivity contribution in [1.29, 1.82) is 0 Å². The molecule has 0 atom stereocenters. The third-order valence-corrected chi connectivity index (χ3v) is 1.94. The standard InChI is InChI=1S/C10H11NO/c1-12-7-8-2-3-9-5-11-6-10(9)4-8/h2-6,11H,7H2,1H3. The second-order valence-electron chi connectivity index (χ2n) is 2.85. The van der Waals surface area contributed by atoms with Gasteiger partial charge in [-0.2, -0.15) is 0 Å². The molecule has 0 saturated heterocycles. The van der Waals surface area contributed by atoms with Crippen LogP contribution in [0.15, 0.2) is 30.6 Å². The molecule has 0 bridgehead atoms. The Kier molecular flexibility index (Phi) is 1.84. The first-order valence-corrected chi connectivity index (χ1v) is 3.94. The summed E-state index contributed by atoms with van der Waals surface area (Å²) in [5.74, 6) is 0. The third-order valence-electron chi connectivity index (χ3n) is 1.94. The van der Waals surface area contributed by atoms with Crippen LogP contribution in [0.5, 0.6) is 0 Å². The molecule has 1 N–H and O–H groups in total. The average Bonchev–Trinajstić information content (AvgIpc) is 2.51. The zero-order chi connectivity index (χ0) is 8.39. The van der Waals surface area contributed by atoms with Gasteiger partial charge in [-0.1, -0.05) is 12.1 Å². The number of nitrogens with one attached hydrogen (secondary N) is 1. The number of rotatable bonds is 2. The summed E-state index contributed by atoms with van der Waals surface area (Å²) in [6.07, 6.45) is 3.99. The number of aromatic nitrogens is 1. The number of H-pyrrole nitrogens is 1. The molecule has 1 heterocycles. The molecule has 0 radical (unpaired) electrons. The van der Waals surface area contributed by atoms with Crippen molar-refractivity contribution >= 4 is 10.8 Å². The first-order chi connectivity index (χ1) is 5.90. The molecule has 0 unspecified atom stereocenters. The van der Waals surface area contributed by atoms with Crippen molar-refractivity contribution in [3.63, 3.8) is 0 Å². The Hall–Kier alpha value is -1.28. The van der Waals surface area contributed by atoms with Gasteiger partial charge >= 0.3 is 0 Å². The van der Waals surface area contributed by atoms with E-state index < -0.39 is 0 Å². The molecule has 2 aromatic rings. The van der Waals surface area contributed by atoms with Gasteiger partial charge in [0.15, 0.2) is 0 Å². The first-order valence-electron chi connectivity index (χ1n) is 3.94. The van der Waals surface area contributed by atoms with Crippen LogP contribution in [-0.2, 0) is 11.3 Å². The van der Waals surface area contributed by atoms with Crippen LogP contribution in [0.25, 0.3) is 10.8 Å². The number of ether oxygens (including phenoxy) is 1. The lowest BCUT2D eigenvalue weighted by atomic mass is 10.1. The lowest BCUT2D eigenvalue weighted by Gasteiger charge is -1.98. The molecule has 62 valence electrons. The van der Waals surface area contributed by atoms with Crippen LogP contribution in [0.3, 0.4) is 0 Å². The summed E-state index contributed by atoms with van der Waals surface area (Å²) in [7, 11) is 1.71. The van der Waals surface area contributed by atoms with Gasteiger partial charge in [-0.25, -0.2) is 0 Å². The van der Waals surface area contributed by atoms with Gasteiger partial charge in [-0.05, 0) is 22.4 Å². The van der Waals surface area contributed by atoms with E-state index in [9.17, 15) is 0 Å². The minimum absolute atomic E-state index is 0.682. The zero-order valence-electron chi connectivity index (χ0n) is 7.00. The molecule has 0 saturated carbocycles. The van der Waals surface area contributed by atoms with Gasteiger partial charge in [-0.3, -0.25) is 0 Å². The summed E-state index contributed by atoms with van der Waals surface area (Å²) in [5.41, 5.74) is 1.21. The van der Waals surface area contributed by atoms with Crippen molar-refractivity contribution in [1.82, 2.24) is 4.98 Å². The summed E-state index contributed by atoms with van der Waals surface area (Å²) in [6, 6.07) is 6.31. The third kappa shape index (κ3) is 1.21. The fraction of sp³-hybridized carbons (Fsp3) is 0.200. The minimum atomic E-state index is 0.682. The lowest BCUT2D eigenvalue weighted by molar-refractivity contribution is 0.185. The van der Waals surface area contributed by atoms with E-state index >= 15 is 0 Å². The van der Waals surface area contributed by atoms with E-state index in [1.54, 1.807) is 7.11 Å². The number of hydrogen-bond donors (Lipinski definition) is 1. The summed E-state index contributed by atoms with van der Waals surface area (Å²) in [4.78, 5) is 3.07. The van der Waals surface area contributed by atoms with Crippen LogP contribution in [0.1, 0.15) is 5.56 Å². The molecule has 0 aliphatic heterocycles. The monoisotopic (exact) mass is 161 g/mol. The predicted octanol–water partition coefficient (Wildman–Crippen LogP) is 2.31. The highest BCUT2D eigenvalue weighted by Gasteiger charge is 1.95. The van der Waals surface area contributed by atoms with Crippen LogP contribution >= 0.6 is 0 Å². The number of methoxy groups -OCH3 is 1. The van der Waals surface area contributed by atoms with Crippen molar-refractivity contribution < 1.29 is 4.74 Å². The second-order valence-corrected chi connectivity index (χ2v) is 2.85. The lowest BCUT2D eigenvalue weighted by Crippen LogP contribution is -1.85.